The van der Waals surface area contributed by atoms with Gasteiger partial charge in [-0.1, -0.05) is 0 Å². The summed E-state index contributed by atoms with van der Waals surface area (Å²) in [5, 5.41) is 0. The second-order valence-corrected chi connectivity index (χ2v) is 2.43. The number of urea groups is 1. The molecule has 0 aromatic heterocycles. The SMILES string of the molecule is O=C1NNC2CCCN12. The van der Waals surface area contributed by atoms with E-state index in [1.807, 2.05) is 4.90 Å². The molecule has 2 fully saturated rings. The van der Waals surface area contributed by atoms with Gasteiger partial charge in [-0.25, -0.2) is 10.2 Å². The molecule has 50 valence electrons. The topological polar surface area (TPSA) is 44.4 Å². The van der Waals surface area contributed by atoms with Gasteiger partial charge >= 0.3 is 6.03 Å². The van der Waals surface area contributed by atoms with Crippen LogP contribution in [0, 0.1) is 0 Å². The molecule has 0 saturated carbocycles. The van der Waals surface area contributed by atoms with E-state index in [1.165, 1.54) is 0 Å². The lowest BCUT2D eigenvalue weighted by Gasteiger charge is -2.09. The highest BCUT2D eigenvalue weighted by atomic mass is 16.2. The molecule has 1 atom stereocenters. The minimum atomic E-state index is 0.0255. The van der Waals surface area contributed by atoms with Crippen molar-refractivity contribution in [3.8, 4) is 0 Å². The summed E-state index contributed by atoms with van der Waals surface area (Å²) in [4.78, 5) is 12.6. The van der Waals surface area contributed by atoms with Gasteiger partial charge in [-0.3, -0.25) is 5.43 Å². The molecule has 4 nitrogen and oxygen atoms in total. The molecule has 9 heavy (non-hydrogen) atoms. The maximum Gasteiger partial charge on any atom is 0.333 e. The molecule has 4 heteroatoms. The van der Waals surface area contributed by atoms with E-state index < -0.39 is 0 Å². The molecule has 2 aliphatic rings. The lowest BCUT2D eigenvalue weighted by atomic mass is 10.3. The van der Waals surface area contributed by atoms with E-state index in [4.69, 9.17) is 0 Å². The summed E-state index contributed by atoms with van der Waals surface area (Å²) >= 11 is 0. The fourth-order valence-corrected chi connectivity index (χ4v) is 1.38. The van der Waals surface area contributed by atoms with Crippen LogP contribution in [-0.2, 0) is 0 Å². The summed E-state index contributed by atoms with van der Waals surface area (Å²) in [7, 11) is 0. The van der Waals surface area contributed by atoms with E-state index in [1.54, 1.807) is 0 Å². The number of nitrogens with zero attached hydrogens (tertiary/aromatic N) is 1. The summed E-state index contributed by atoms with van der Waals surface area (Å²) < 4.78 is 0. The molecule has 2 N–H and O–H groups in total. The van der Waals surface area contributed by atoms with Crippen LogP contribution < -0.4 is 10.9 Å². The van der Waals surface area contributed by atoms with Crippen molar-refractivity contribution in [2.24, 2.45) is 0 Å². The molecule has 0 spiro atoms. The number of carbonyl (C=O) groups excluding carboxylic acids is 1. The van der Waals surface area contributed by atoms with Gasteiger partial charge in [0.1, 0.15) is 6.17 Å². The third kappa shape index (κ3) is 0.595. The van der Waals surface area contributed by atoms with Crippen molar-refractivity contribution in [1.29, 1.82) is 0 Å². The summed E-state index contributed by atoms with van der Waals surface area (Å²) in [5.41, 5.74) is 5.45. The van der Waals surface area contributed by atoms with E-state index in [0.717, 1.165) is 19.4 Å². The summed E-state index contributed by atoms with van der Waals surface area (Å²) in [6.45, 7) is 0.906. The normalized spacial score (nSPS) is 32.7. The number of hydrogen-bond acceptors (Lipinski definition) is 2. The molecule has 2 heterocycles. The van der Waals surface area contributed by atoms with Gasteiger partial charge in [0.15, 0.2) is 0 Å². The van der Waals surface area contributed by atoms with Crippen LogP contribution in [0.4, 0.5) is 4.79 Å². The van der Waals surface area contributed by atoms with Crippen molar-refractivity contribution in [3.05, 3.63) is 0 Å². The quantitative estimate of drug-likeness (QED) is 0.466. The number of nitrogens with one attached hydrogen (secondary N) is 2. The highest BCUT2D eigenvalue weighted by Gasteiger charge is 2.33. The highest BCUT2D eigenvalue weighted by Crippen LogP contribution is 2.16. The zero-order valence-electron chi connectivity index (χ0n) is 5.05. The van der Waals surface area contributed by atoms with Gasteiger partial charge < -0.3 is 4.90 Å². The summed E-state index contributed by atoms with van der Waals surface area (Å²) in [6, 6.07) is 0.0255. The molecule has 2 amide bonds. The molecule has 1 unspecified atom stereocenters. The van der Waals surface area contributed by atoms with Crippen LogP contribution >= 0.6 is 0 Å². The Balaban J connectivity index is 2.15. The van der Waals surface area contributed by atoms with Crippen LogP contribution in [0.3, 0.4) is 0 Å². The van der Waals surface area contributed by atoms with Crippen molar-refractivity contribution in [2.75, 3.05) is 6.54 Å². The number of rotatable bonds is 0. The standard InChI is InChI=1S/C5H9N3O/c9-5-7-6-4-2-1-3-8(4)5/h4,6H,1-3H2,(H,7,9). The fourth-order valence-electron chi connectivity index (χ4n) is 1.38. The third-order valence-corrected chi connectivity index (χ3v) is 1.86. The zero-order chi connectivity index (χ0) is 6.27. The van der Waals surface area contributed by atoms with Crippen molar-refractivity contribution in [3.63, 3.8) is 0 Å². The first-order valence-electron chi connectivity index (χ1n) is 3.20. The van der Waals surface area contributed by atoms with E-state index >= 15 is 0 Å². The Morgan fingerprint density at radius 3 is 3.33 bits per heavy atom. The average Bonchev–Trinajstić information content (AvgIpc) is 2.35. The van der Waals surface area contributed by atoms with Crippen LogP contribution in [-0.4, -0.2) is 23.6 Å². The van der Waals surface area contributed by atoms with Gasteiger partial charge in [0.25, 0.3) is 0 Å². The smallest absolute Gasteiger partial charge is 0.307 e. The first kappa shape index (κ1) is 5.05. The van der Waals surface area contributed by atoms with Crippen LogP contribution in [0.25, 0.3) is 0 Å². The van der Waals surface area contributed by atoms with E-state index in [0.29, 0.717) is 0 Å². The van der Waals surface area contributed by atoms with Crippen molar-refractivity contribution in [2.45, 2.75) is 19.0 Å². The molecule has 0 aromatic rings. The van der Waals surface area contributed by atoms with E-state index in [2.05, 4.69) is 10.9 Å². The van der Waals surface area contributed by atoms with Crippen LogP contribution in [0.1, 0.15) is 12.8 Å². The summed E-state index contributed by atoms with van der Waals surface area (Å²) in [5.74, 6) is 0. The molecular weight excluding hydrogens is 118 g/mol. The minimum absolute atomic E-state index is 0.0255. The molecule has 0 radical (unpaired) electrons. The Hall–Kier alpha value is -0.770. The molecule has 2 rings (SSSR count). The molecule has 2 aliphatic heterocycles. The Bertz CT molecular complexity index is 147. The van der Waals surface area contributed by atoms with Gasteiger partial charge in [0.2, 0.25) is 0 Å². The second kappa shape index (κ2) is 1.60. The van der Waals surface area contributed by atoms with Crippen LogP contribution in [0.15, 0.2) is 0 Å². The number of carbonyl (C=O) groups is 1. The Morgan fingerprint density at radius 1 is 1.67 bits per heavy atom. The van der Waals surface area contributed by atoms with Gasteiger partial charge in [0.05, 0.1) is 0 Å². The Labute approximate surface area is 53.2 Å². The lowest BCUT2D eigenvalue weighted by molar-refractivity contribution is 0.216. The van der Waals surface area contributed by atoms with Gasteiger partial charge in [-0.2, -0.15) is 0 Å². The second-order valence-electron chi connectivity index (χ2n) is 2.43. The number of hydrogen-bond donors (Lipinski definition) is 2. The Kier molecular flexibility index (Phi) is 0.900. The number of fused-ring (bicyclic) bond motifs is 1. The zero-order valence-corrected chi connectivity index (χ0v) is 5.05. The molecule has 2 saturated heterocycles. The maximum atomic E-state index is 10.8. The predicted molar refractivity (Wildman–Crippen MR) is 31.4 cm³/mol. The first-order valence-corrected chi connectivity index (χ1v) is 3.20. The van der Waals surface area contributed by atoms with E-state index in [-0.39, 0.29) is 12.2 Å². The molecular formula is C5H9N3O. The minimum Gasteiger partial charge on any atom is -0.307 e. The van der Waals surface area contributed by atoms with Crippen molar-refractivity contribution < 1.29 is 4.79 Å². The van der Waals surface area contributed by atoms with Gasteiger partial charge in [-0.05, 0) is 12.8 Å². The highest BCUT2D eigenvalue weighted by molar-refractivity contribution is 5.76. The molecule has 0 aromatic carbocycles. The monoisotopic (exact) mass is 127 g/mol. The van der Waals surface area contributed by atoms with Gasteiger partial charge in [0, 0.05) is 6.54 Å². The predicted octanol–water partition coefficient (Wildman–Crippen LogP) is -0.364. The Morgan fingerprint density at radius 2 is 2.56 bits per heavy atom. The first-order chi connectivity index (χ1) is 4.38. The molecule has 0 bridgehead atoms. The van der Waals surface area contributed by atoms with Crippen LogP contribution in [0.2, 0.25) is 0 Å². The average molecular weight is 127 g/mol. The van der Waals surface area contributed by atoms with Crippen molar-refractivity contribution in [1.82, 2.24) is 15.8 Å². The fraction of sp³-hybridized carbons (Fsp3) is 0.800. The van der Waals surface area contributed by atoms with Crippen LogP contribution in [0.5, 0.6) is 0 Å². The number of hydrazine groups is 1. The molecule has 0 aliphatic carbocycles. The summed E-state index contributed by atoms with van der Waals surface area (Å²) in [6.07, 6.45) is 2.49. The van der Waals surface area contributed by atoms with Gasteiger partial charge in [-0.15, -0.1) is 0 Å². The van der Waals surface area contributed by atoms with E-state index in [9.17, 15) is 4.79 Å². The third-order valence-electron chi connectivity index (χ3n) is 1.86. The van der Waals surface area contributed by atoms with Crippen molar-refractivity contribution >= 4 is 6.03 Å². The maximum absolute atomic E-state index is 10.8. The largest absolute Gasteiger partial charge is 0.333 e. The lowest BCUT2D eigenvalue weighted by Crippen LogP contribution is -2.31. The number of amides is 2.